The number of pyridine rings is 1. The summed E-state index contributed by atoms with van der Waals surface area (Å²) < 4.78 is 1.80. The van der Waals surface area contributed by atoms with E-state index in [4.69, 9.17) is 5.73 Å². The predicted molar refractivity (Wildman–Crippen MR) is 55.2 cm³/mol. The Morgan fingerprint density at radius 2 is 2.14 bits per heavy atom. The van der Waals surface area contributed by atoms with E-state index < -0.39 is 0 Å². The molecule has 2 N–H and O–H groups in total. The van der Waals surface area contributed by atoms with E-state index in [0.717, 1.165) is 17.1 Å². The molecule has 0 aliphatic rings. The molecule has 0 unspecified atom stereocenters. The third kappa shape index (κ3) is 1.35. The van der Waals surface area contributed by atoms with Crippen molar-refractivity contribution in [1.82, 2.24) is 14.8 Å². The number of nitrogens with zero attached hydrogens (tertiary/aromatic N) is 3. The molecule has 0 radical (unpaired) electrons. The van der Waals surface area contributed by atoms with Gasteiger partial charge in [0.25, 0.3) is 0 Å². The number of aromatic nitrogens is 3. The highest BCUT2D eigenvalue weighted by Gasteiger charge is 2.06. The van der Waals surface area contributed by atoms with Crippen molar-refractivity contribution < 1.29 is 0 Å². The number of aryl methyl sites for hydroxylation is 2. The maximum atomic E-state index is 5.83. The smallest absolute Gasteiger partial charge is 0.106 e. The van der Waals surface area contributed by atoms with Crippen molar-refractivity contribution >= 4 is 5.69 Å². The van der Waals surface area contributed by atoms with Crippen LogP contribution in [0.15, 0.2) is 24.5 Å². The lowest BCUT2D eigenvalue weighted by atomic mass is 10.3. The minimum atomic E-state index is 0.686. The molecule has 2 aromatic rings. The predicted octanol–water partition coefficient (Wildman–Crippen LogP) is 1.47. The highest BCUT2D eigenvalue weighted by molar-refractivity contribution is 5.55. The number of nitrogen functional groups attached to an aromatic ring is 1. The Hall–Kier alpha value is -1.84. The van der Waals surface area contributed by atoms with Gasteiger partial charge in [-0.15, -0.1) is 0 Å². The van der Waals surface area contributed by atoms with Gasteiger partial charge in [-0.05, 0) is 26.0 Å². The molecule has 0 aliphatic carbocycles. The molecular weight excluding hydrogens is 176 g/mol. The van der Waals surface area contributed by atoms with Crippen molar-refractivity contribution in [3.8, 4) is 5.69 Å². The van der Waals surface area contributed by atoms with E-state index in [1.54, 1.807) is 23.1 Å². The molecule has 0 fully saturated rings. The molecule has 0 atom stereocenters. The second kappa shape index (κ2) is 3.14. The van der Waals surface area contributed by atoms with Crippen LogP contribution in [-0.4, -0.2) is 14.8 Å². The first kappa shape index (κ1) is 8.74. The van der Waals surface area contributed by atoms with Crippen LogP contribution in [0.1, 0.15) is 11.4 Å². The lowest BCUT2D eigenvalue weighted by Crippen LogP contribution is -2.03. The molecule has 4 nitrogen and oxygen atoms in total. The molecule has 0 saturated carbocycles. The maximum absolute atomic E-state index is 5.83. The molecule has 0 bridgehead atoms. The van der Waals surface area contributed by atoms with E-state index >= 15 is 0 Å². The van der Waals surface area contributed by atoms with E-state index in [1.165, 1.54) is 0 Å². The Balaban J connectivity index is 2.60. The fraction of sp³-hybridized carbons (Fsp3) is 0.200. The molecule has 4 heteroatoms. The number of rotatable bonds is 1. The number of nitrogens with two attached hydrogens (primary N) is 1. The van der Waals surface area contributed by atoms with Gasteiger partial charge in [0, 0.05) is 11.9 Å². The van der Waals surface area contributed by atoms with Crippen LogP contribution < -0.4 is 5.73 Å². The lowest BCUT2D eigenvalue weighted by Gasteiger charge is -2.05. The van der Waals surface area contributed by atoms with Gasteiger partial charge in [-0.2, -0.15) is 5.10 Å². The Morgan fingerprint density at radius 3 is 2.71 bits per heavy atom. The van der Waals surface area contributed by atoms with Crippen LogP contribution in [0.3, 0.4) is 0 Å². The third-order valence-corrected chi connectivity index (χ3v) is 2.07. The van der Waals surface area contributed by atoms with Crippen LogP contribution in [0, 0.1) is 13.8 Å². The molecule has 0 amide bonds. The highest BCUT2D eigenvalue weighted by Crippen LogP contribution is 2.16. The number of hydrogen-bond donors (Lipinski definition) is 1. The molecular formula is C10H12N4. The van der Waals surface area contributed by atoms with Crippen molar-refractivity contribution in [3.05, 3.63) is 35.9 Å². The van der Waals surface area contributed by atoms with Crippen LogP contribution in [-0.2, 0) is 0 Å². The van der Waals surface area contributed by atoms with Crippen LogP contribution in [0.4, 0.5) is 5.69 Å². The summed E-state index contributed by atoms with van der Waals surface area (Å²) in [4.78, 5) is 4.03. The van der Waals surface area contributed by atoms with Gasteiger partial charge in [-0.25, -0.2) is 4.68 Å². The van der Waals surface area contributed by atoms with Gasteiger partial charge in [0.05, 0.1) is 17.6 Å². The van der Waals surface area contributed by atoms with Crippen LogP contribution in [0.2, 0.25) is 0 Å². The zero-order valence-electron chi connectivity index (χ0n) is 8.23. The zero-order valence-corrected chi connectivity index (χ0v) is 8.23. The van der Waals surface area contributed by atoms with Crippen molar-refractivity contribution in [1.29, 1.82) is 0 Å². The van der Waals surface area contributed by atoms with Crippen molar-refractivity contribution in [3.63, 3.8) is 0 Å². The molecule has 14 heavy (non-hydrogen) atoms. The first-order valence-corrected chi connectivity index (χ1v) is 4.41. The Morgan fingerprint density at radius 1 is 1.36 bits per heavy atom. The van der Waals surface area contributed by atoms with Gasteiger partial charge in [-0.1, -0.05) is 0 Å². The lowest BCUT2D eigenvalue weighted by molar-refractivity contribution is 0.831. The van der Waals surface area contributed by atoms with Gasteiger partial charge >= 0.3 is 0 Å². The van der Waals surface area contributed by atoms with Crippen molar-refractivity contribution in [2.24, 2.45) is 0 Å². The van der Waals surface area contributed by atoms with Gasteiger partial charge < -0.3 is 5.73 Å². The van der Waals surface area contributed by atoms with E-state index in [-0.39, 0.29) is 0 Å². The summed E-state index contributed by atoms with van der Waals surface area (Å²) in [5.74, 6) is 0. The number of anilines is 1. The summed E-state index contributed by atoms with van der Waals surface area (Å²) in [7, 11) is 0. The fourth-order valence-corrected chi connectivity index (χ4v) is 1.45. The summed E-state index contributed by atoms with van der Waals surface area (Å²) in [6.45, 7) is 3.95. The molecule has 2 rings (SSSR count). The zero-order chi connectivity index (χ0) is 10.1. The van der Waals surface area contributed by atoms with Crippen LogP contribution in [0.25, 0.3) is 5.69 Å². The summed E-state index contributed by atoms with van der Waals surface area (Å²) in [6, 6.07) is 3.78. The van der Waals surface area contributed by atoms with E-state index in [0.29, 0.717) is 5.69 Å². The van der Waals surface area contributed by atoms with Crippen molar-refractivity contribution in [2.45, 2.75) is 13.8 Å². The van der Waals surface area contributed by atoms with Crippen LogP contribution in [0.5, 0.6) is 0 Å². The fourth-order valence-electron chi connectivity index (χ4n) is 1.45. The van der Waals surface area contributed by atoms with Crippen LogP contribution >= 0.6 is 0 Å². The average Bonchev–Trinajstić information content (AvgIpc) is 2.46. The maximum Gasteiger partial charge on any atom is 0.106 e. The molecule has 72 valence electrons. The summed E-state index contributed by atoms with van der Waals surface area (Å²) in [5, 5.41) is 4.34. The second-order valence-electron chi connectivity index (χ2n) is 3.27. The Labute approximate surface area is 82.4 Å². The standard InChI is InChI=1S/C10H12N4/c1-7-5-8(2)14(13-7)10-6-12-4-3-9(10)11/h3-6H,1-2H3,(H2,11,12). The molecule has 2 aromatic heterocycles. The summed E-state index contributed by atoms with van der Waals surface area (Å²) >= 11 is 0. The van der Waals surface area contributed by atoms with Gasteiger partial charge in [-0.3, -0.25) is 4.98 Å². The van der Waals surface area contributed by atoms with Gasteiger partial charge in [0.1, 0.15) is 5.69 Å². The van der Waals surface area contributed by atoms with E-state index in [1.807, 2.05) is 19.9 Å². The molecule has 0 spiro atoms. The monoisotopic (exact) mass is 188 g/mol. The molecule has 0 saturated heterocycles. The van der Waals surface area contributed by atoms with E-state index in [2.05, 4.69) is 10.1 Å². The minimum Gasteiger partial charge on any atom is -0.397 e. The minimum absolute atomic E-state index is 0.686. The summed E-state index contributed by atoms with van der Waals surface area (Å²) in [6.07, 6.45) is 3.39. The highest BCUT2D eigenvalue weighted by atomic mass is 15.3. The van der Waals surface area contributed by atoms with Gasteiger partial charge in [0.15, 0.2) is 0 Å². The first-order valence-electron chi connectivity index (χ1n) is 4.41. The largest absolute Gasteiger partial charge is 0.397 e. The van der Waals surface area contributed by atoms with E-state index in [9.17, 15) is 0 Å². The average molecular weight is 188 g/mol. The Bertz CT molecular complexity index is 459. The molecule has 2 heterocycles. The summed E-state index contributed by atoms with van der Waals surface area (Å²) in [5.41, 5.74) is 9.38. The topological polar surface area (TPSA) is 56.7 Å². The normalized spacial score (nSPS) is 10.4. The molecule has 0 aliphatic heterocycles. The Kier molecular flexibility index (Phi) is 1.96. The first-order chi connectivity index (χ1) is 6.68. The van der Waals surface area contributed by atoms with Crippen molar-refractivity contribution in [2.75, 3.05) is 5.73 Å². The van der Waals surface area contributed by atoms with Gasteiger partial charge in [0.2, 0.25) is 0 Å². The quantitative estimate of drug-likeness (QED) is 0.737. The number of hydrogen-bond acceptors (Lipinski definition) is 3. The molecule has 0 aromatic carbocycles. The third-order valence-electron chi connectivity index (χ3n) is 2.07. The SMILES string of the molecule is Cc1cc(C)n(-c2cnccc2N)n1. The second-order valence-corrected chi connectivity index (χ2v) is 3.27.